The quantitative estimate of drug-likeness (QED) is 0.224. The van der Waals surface area contributed by atoms with Gasteiger partial charge >= 0.3 is 0 Å². The first kappa shape index (κ1) is 25.0. The molecule has 0 unspecified atom stereocenters. The van der Waals surface area contributed by atoms with Gasteiger partial charge in [0.2, 0.25) is 5.91 Å². The molecule has 0 aliphatic heterocycles. The number of para-hydroxylation sites is 1. The number of aromatic nitrogens is 1. The van der Waals surface area contributed by atoms with Crippen LogP contribution in [-0.2, 0) is 11.3 Å². The van der Waals surface area contributed by atoms with E-state index in [9.17, 15) is 14.9 Å². The number of nitrogens with zero attached hydrogens (tertiary/aromatic N) is 2. The number of ether oxygens (including phenoxy) is 1. The molecule has 4 aromatic rings. The first-order valence-electron chi connectivity index (χ1n) is 12.1. The maximum absolute atomic E-state index is 12.9. The van der Waals surface area contributed by atoms with Gasteiger partial charge in [0.1, 0.15) is 5.75 Å². The Morgan fingerprint density at radius 3 is 2.36 bits per heavy atom. The van der Waals surface area contributed by atoms with E-state index in [2.05, 4.69) is 42.1 Å². The Balaban J connectivity index is 1.74. The maximum atomic E-state index is 12.9. The Kier molecular flexibility index (Phi) is 7.68. The zero-order valence-corrected chi connectivity index (χ0v) is 20.8. The molecule has 1 N–H and O–H groups in total. The Labute approximate surface area is 210 Å². The van der Waals surface area contributed by atoms with Crippen molar-refractivity contribution in [1.29, 1.82) is 0 Å². The summed E-state index contributed by atoms with van der Waals surface area (Å²) in [6.45, 7) is 5.38. The summed E-state index contributed by atoms with van der Waals surface area (Å²) in [5.41, 5.74) is 4.12. The van der Waals surface area contributed by atoms with Crippen LogP contribution in [0, 0.1) is 16.0 Å². The van der Waals surface area contributed by atoms with Gasteiger partial charge in [0.15, 0.2) is 0 Å². The summed E-state index contributed by atoms with van der Waals surface area (Å²) in [6.07, 6.45) is 2.36. The molecule has 7 nitrogen and oxygen atoms in total. The molecular weight excluding hydrogens is 454 g/mol. The summed E-state index contributed by atoms with van der Waals surface area (Å²) >= 11 is 0. The lowest BCUT2D eigenvalue weighted by atomic mass is 9.88. The number of nitro benzene ring substituents is 1. The zero-order valence-electron chi connectivity index (χ0n) is 20.8. The van der Waals surface area contributed by atoms with Gasteiger partial charge in [-0.15, -0.1) is 0 Å². The van der Waals surface area contributed by atoms with E-state index < -0.39 is 4.92 Å². The highest BCUT2D eigenvalue weighted by Crippen LogP contribution is 2.36. The summed E-state index contributed by atoms with van der Waals surface area (Å²) in [7, 11) is 1.65. The molecule has 36 heavy (non-hydrogen) atoms. The Morgan fingerprint density at radius 1 is 1.03 bits per heavy atom. The largest absolute Gasteiger partial charge is 0.497 e. The predicted octanol–water partition coefficient (Wildman–Crippen LogP) is 5.90. The van der Waals surface area contributed by atoms with Gasteiger partial charge < -0.3 is 14.6 Å². The number of nitrogens with one attached hydrogen (secondary N) is 1. The van der Waals surface area contributed by atoms with Gasteiger partial charge in [-0.05, 0) is 40.8 Å². The summed E-state index contributed by atoms with van der Waals surface area (Å²) < 4.78 is 7.47. The maximum Gasteiger partial charge on any atom is 0.269 e. The first-order valence-corrected chi connectivity index (χ1v) is 12.1. The second-order valence-corrected chi connectivity index (χ2v) is 9.38. The molecule has 1 heterocycles. The van der Waals surface area contributed by atoms with E-state index in [1.54, 1.807) is 19.2 Å². The monoisotopic (exact) mass is 485 g/mol. The molecular formula is C29H31N3O4. The molecule has 4 rings (SSSR count). The van der Waals surface area contributed by atoms with E-state index in [-0.39, 0.29) is 23.9 Å². The molecule has 0 spiro atoms. The minimum atomic E-state index is -0.408. The van der Waals surface area contributed by atoms with Crippen molar-refractivity contribution in [1.82, 2.24) is 9.88 Å². The molecule has 0 aliphatic rings. The van der Waals surface area contributed by atoms with Crippen molar-refractivity contribution in [3.63, 3.8) is 0 Å². The molecule has 186 valence electrons. The smallest absolute Gasteiger partial charge is 0.269 e. The lowest BCUT2D eigenvalue weighted by Crippen LogP contribution is -2.28. The highest BCUT2D eigenvalue weighted by atomic mass is 16.6. The fraction of sp³-hybridized carbons (Fsp3) is 0.276. The number of hydrogen-bond donors (Lipinski definition) is 1. The average Bonchev–Trinajstić information content (AvgIpc) is 3.24. The van der Waals surface area contributed by atoms with E-state index in [1.165, 1.54) is 12.1 Å². The SMILES string of the molecule is COc1ccc(Cn2cc([C@H](CC(=O)NCC(C)C)c3ccc([N+](=O)[O-])cc3)c3ccccc32)cc1. The van der Waals surface area contributed by atoms with Gasteiger partial charge in [-0.25, -0.2) is 0 Å². The van der Waals surface area contributed by atoms with Gasteiger partial charge in [0.05, 0.1) is 12.0 Å². The fourth-order valence-electron chi connectivity index (χ4n) is 4.42. The normalized spacial score (nSPS) is 12.0. The van der Waals surface area contributed by atoms with Gasteiger partial charge in [-0.2, -0.15) is 0 Å². The molecule has 0 saturated heterocycles. The third kappa shape index (κ3) is 5.74. The van der Waals surface area contributed by atoms with Crippen LogP contribution in [-0.4, -0.2) is 29.1 Å². The van der Waals surface area contributed by atoms with Crippen molar-refractivity contribution in [2.45, 2.75) is 32.7 Å². The molecule has 0 radical (unpaired) electrons. The summed E-state index contributed by atoms with van der Waals surface area (Å²) in [5.74, 6) is 0.861. The Morgan fingerprint density at radius 2 is 1.72 bits per heavy atom. The van der Waals surface area contributed by atoms with Crippen LogP contribution in [0.15, 0.2) is 79.0 Å². The molecule has 0 aliphatic carbocycles. The number of hydrogen-bond acceptors (Lipinski definition) is 4. The second-order valence-electron chi connectivity index (χ2n) is 9.38. The second kappa shape index (κ2) is 11.1. The number of nitro groups is 1. The third-order valence-electron chi connectivity index (χ3n) is 6.31. The average molecular weight is 486 g/mol. The van der Waals surface area contributed by atoms with Crippen molar-refractivity contribution in [2.24, 2.45) is 5.92 Å². The number of non-ortho nitro benzene ring substituents is 1. The van der Waals surface area contributed by atoms with Crippen LogP contribution < -0.4 is 10.1 Å². The molecule has 1 amide bonds. The summed E-state index contributed by atoms with van der Waals surface area (Å²) in [6, 6.07) is 22.6. The van der Waals surface area contributed by atoms with Crippen LogP contribution in [0.1, 0.15) is 42.9 Å². The molecule has 0 fully saturated rings. The lowest BCUT2D eigenvalue weighted by Gasteiger charge is -2.18. The molecule has 1 aromatic heterocycles. The topological polar surface area (TPSA) is 86.4 Å². The van der Waals surface area contributed by atoms with E-state index in [4.69, 9.17) is 4.74 Å². The van der Waals surface area contributed by atoms with E-state index in [1.807, 2.05) is 36.4 Å². The third-order valence-corrected chi connectivity index (χ3v) is 6.31. The number of methoxy groups -OCH3 is 1. The number of carbonyl (C=O) groups is 1. The van der Waals surface area contributed by atoms with Crippen LogP contribution in [0.25, 0.3) is 10.9 Å². The van der Waals surface area contributed by atoms with Crippen LogP contribution in [0.3, 0.4) is 0 Å². The first-order chi connectivity index (χ1) is 17.4. The summed E-state index contributed by atoms with van der Waals surface area (Å²) in [5, 5.41) is 15.3. The van der Waals surface area contributed by atoms with Gasteiger partial charge in [-0.1, -0.05) is 56.3 Å². The molecule has 0 bridgehead atoms. The molecule has 0 saturated carbocycles. The van der Waals surface area contributed by atoms with Crippen LogP contribution in [0.4, 0.5) is 5.69 Å². The van der Waals surface area contributed by atoms with Crippen molar-refractivity contribution in [3.05, 3.63) is 106 Å². The Hall–Kier alpha value is -4.13. The molecule has 1 atom stereocenters. The minimum absolute atomic E-state index is 0.0312. The van der Waals surface area contributed by atoms with Gasteiger partial charge in [-0.3, -0.25) is 14.9 Å². The lowest BCUT2D eigenvalue weighted by molar-refractivity contribution is -0.384. The molecule has 7 heteroatoms. The van der Waals surface area contributed by atoms with Crippen molar-refractivity contribution >= 4 is 22.5 Å². The number of amides is 1. The fourth-order valence-corrected chi connectivity index (χ4v) is 4.42. The van der Waals surface area contributed by atoms with Crippen molar-refractivity contribution in [3.8, 4) is 5.75 Å². The predicted molar refractivity (Wildman–Crippen MR) is 141 cm³/mol. The number of carbonyl (C=O) groups excluding carboxylic acids is 1. The van der Waals surface area contributed by atoms with E-state index >= 15 is 0 Å². The summed E-state index contributed by atoms with van der Waals surface area (Å²) in [4.78, 5) is 23.7. The number of fused-ring (bicyclic) bond motifs is 1. The van der Waals surface area contributed by atoms with E-state index in [0.717, 1.165) is 33.3 Å². The van der Waals surface area contributed by atoms with Crippen LogP contribution in [0.2, 0.25) is 0 Å². The zero-order chi connectivity index (χ0) is 25.7. The van der Waals surface area contributed by atoms with Crippen molar-refractivity contribution in [2.75, 3.05) is 13.7 Å². The van der Waals surface area contributed by atoms with Crippen molar-refractivity contribution < 1.29 is 14.5 Å². The highest BCUT2D eigenvalue weighted by Gasteiger charge is 2.23. The minimum Gasteiger partial charge on any atom is -0.497 e. The van der Waals surface area contributed by atoms with Crippen LogP contribution in [0.5, 0.6) is 5.75 Å². The van der Waals surface area contributed by atoms with Crippen LogP contribution >= 0.6 is 0 Å². The molecule has 3 aromatic carbocycles. The van der Waals surface area contributed by atoms with E-state index in [0.29, 0.717) is 19.0 Å². The van der Waals surface area contributed by atoms with Gasteiger partial charge in [0.25, 0.3) is 5.69 Å². The highest BCUT2D eigenvalue weighted by molar-refractivity contribution is 5.86. The number of benzene rings is 3. The Bertz CT molecular complexity index is 1340. The number of rotatable bonds is 10. The standard InChI is InChI=1S/C29H31N3O4/c1-20(2)17-30-29(33)16-26(22-10-12-23(13-11-22)32(34)35)27-19-31(28-7-5-4-6-25(27)28)18-21-8-14-24(36-3)15-9-21/h4-15,19-20,26H,16-18H2,1-3H3,(H,30,33)/t26-/m1/s1. The van der Waals surface area contributed by atoms with Gasteiger partial charge in [0, 0.05) is 54.7 Å².